The zero-order valence-corrected chi connectivity index (χ0v) is 15.7. The van der Waals surface area contributed by atoms with Gasteiger partial charge in [-0.05, 0) is 36.5 Å². The van der Waals surface area contributed by atoms with Crippen LogP contribution in [0, 0.1) is 4.77 Å². The number of H-pyrrole nitrogens is 1. The molecule has 0 aliphatic carbocycles. The zero-order chi connectivity index (χ0) is 18.7. The third kappa shape index (κ3) is 2.99. The summed E-state index contributed by atoms with van der Waals surface area (Å²) < 4.78 is 24.0. The highest BCUT2D eigenvalue weighted by Crippen LogP contribution is 2.41. The number of para-hydroxylation sites is 2. The van der Waals surface area contributed by atoms with E-state index in [0.717, 1.165) is 11.3 Å². The van der Waals surface area contributed by atoms with Gasteiger partial charge in [-0.1, -0.05) is 12.1 Å². The van der Waals surface area contributed by atoms with Crippen molar-refractivity contribution in [2.24, 2.45) is 0 Å². The fraction of sp³-hybridized carbons (Fsp3) is 0.222. The average Bonchev–Trinajstić information content (AvgIpc) is 3.07. The number of hydrogen-bond donors (Lipinski definition) is 1. The van der Waals surface area contributed by atoms with Crippen molar-refractivity contribution in [3.05, 3.63) is 41.2 Å². The van der Waals surface area contributed by atoms with Gasteiger partial charge >= 0.3 is 0 Å². The van der Waals surface area contributed by atoms with E-state index in [1.54, 1.807) is 33.0 Å². The SMILES string of the molecule is COc1ccccc1-n1c(-c2cc(OC)c(OC)c(OC)c2)n[nH]c1=S. The molecule has 0 saturated carbocycles. The normalized spacial score (nSPS) is 10.5. The summed E-state index contributed by atoms with van der Waals surface area (Å²) in [5, 5.41) is 7.22. The second-order valence-electron chi connectivity index (χ2n) is 5.27. The molecule has 136 valence electrons. The van der Waals surface area contributed by atoms with Gasteiger partial charge in [-0.25, -0.2) is 0 Å². The van der Waals surface area contributed by atoms with Crippen molar-refractivity contribution in [3.63, 3.8) is 0 Å². The topological polar surface area (TPSA) is 70.5 Å². The number of nitrogens with zero attached hydrogens (tertiary/aromatic N) is 2. The minimum absolute atomic E-state index is 0.443. The Morgan fingerprint density at radius 2 is 1.50 bits per heavy atom. The van der Waals surface area contributed by atoms with E-state index in [4.69, 9.17) is 31.2 Å². The first kappa shape index (κ1) is 17.8. The van der Waals surface area contributed by atoms with Crippen molar-refractivity contribution < 1.29 is 18.9 Å². The number of methoxy groups -OCH3 is 4. The second kappa shape index (κ2) is 7.49. The van der Waals surface area contributed by atoms with Crippen LogP contribution in [0.25, 0.3) is 17.1 Å². The minimum atomic E-state index is 0.443. The lowest BCUT2D eigenvalue weighted by molar-refractivity contribution is 0.324. The van der Waals surface area contributed by atoms with Gasteiger partial charge in [-0.3, -0.25) is 9.67 Å². The minimum Gasteiger partial charge on any atom is -0.495 e. The van der Waals surface area contributed by atoms with Crippen LogP contribution in [0.4, 0.5) is 0 Å². The van der Waals surface area contributed by atoms with E-state index in [2.05, 4.69) is 10.2 Å². The third-order valence-electron chi connectivity index (χ3n) is 3.92. The highest BCUT2D eigenvalue weighted by molar-refractivity contribution is 7.71. The van der Waals surface area contributed by atoms with Crippen molar-refractivity contribution in [2.45, 2.75) is 0 Å². The molecule has 0 atom stereocenters. The van der Waals surface area contributed by atoms with Crippen molar-refractivity contribution in [2.75, 3.05) is 28.4 Å². The summed E-state index contributed by atoms with van der Waals surface area (Å²) in [6.45, 7) is 0. The molecule has 0 aliphatic heterocycles. The van der Waals surface area contributed by atoms with Crippen LogP contribution < -0.4 is 18.9 Å². The van der Waals surface area contributed by atoms with E-state index in [9.17, 15) is 0 Å². The van der Waals surface area contributed by atoms with E-state index in [1.807, 2.05) is 36.4 Å². The highest BCUT2D eigenvalue weighted by atomic mass is 32.1. The number of rotatable bonds is 6. The van der Waals surface area contributed by atoms with E-state index in [1.165, 1.54) is 0 Å². The largest absolute Gasteiger partial charge is 0.495 e. The fourth-order valence-electron chi connectivity index (χ4n) is 2.74. The molecule has 0 fully saturated rings. The molecule has 0 aliphatic rings. The molecule has 0 saturated heterocycles. The van der Waals surface area contributed by atoms with Gasteiger partial charge in [0.05, 0.1) is 34.1 Å². The van der Waals surface area contributed by atoms with Crippen molar-refractivity contribution in [1.29, 1.82) is 0 Å². The van der Waals surface area contributed by atoms with Crippen molar-refractivity contribution in [3.8, 4) is 40.1 Å². The van der Waals surface area contributed by atoms with E-state index < -0.39 is 0 Å². The predicted molar refractivity (Wildman–Crippen MR) is 100 cm³/mol. The molecule has 1 N–H and O–H groups in total. The molecule has 0 spiro atoms. The van der Waals surface area contributed by atoms with E-state index in [-0.39, 0.29) is 0 Å². The molecule has 1 aromatic heterocycles. The maximum Gasteiger partial charge on any atom is 0.203 e. The Morgan fingerprint density at radius 1 is 0.885 bits per heavy atom. The van der Waals surface area contributed by atoms with Gasteiger partial charge in [-0.2, -0.15) is 5.10 Å². The van der Waals surface area contributed by atoms with Crippen molar-refractivity contribution in [1.82, 2.24) is 14.8 Å². The van der Waals surface area contributed by atoms with Gasteiger partial charge in [-0.15, -0.1) is 0 Å². The Bertz CT molecular complexity index is 956. The van der Waals surface area contributed by atoms with Gasteiger partial charge in [0.1, 0.15) is 5.75 Å². The molecular formula is C18H19N3O4S. The monoisotopic (exact) mass is 373 g/mol. The molecule has 3 rings (SSSR count). The smallest absolute Gasteiger partial charge is 0.203 e. The predicted octanol–water partition coefficient (Wildman–Crippen LogP) is 3.63. The quantitative estimate of drug-likeness (QED) is 0.666. The van der Waals surface area contributed by atoms with Crippen LogP contribution in [0.3, 0.4) is 0 Å². The zero-order valence-electron chi connectivity index (χ0n) is 14.9. The number of hydrogen-bond acceptors (Lipinski definition) is 6. The summed E-state index contributed by atoms with van der Waals surface area (Å²) in [5.74, 6) is 2.85. The van der Waals surface area contributed by atoms with Gasteiger partial charge in [0.15, 0.2) is 22.1 Å². The Kier molecular flexibility index (Phi) is 5.13. The summed E-state index contributed by atoms with van der Waals surface area (Å²) in [4.78, 5) is 0. The summed E-state index contributed by atoms with van der Waals surface area (Å²) in [7, 11) is 6.31. The molecule has 2 aromatic carbocycles. The lowest BCUT2D eigenvalue weighted by Crippen LogP contribution is -2.02. The Hall–Kier alpha value is -3.00. The number of aromatic nitrogens is 3. The lowest BCUT2D eigenvalue weighted by Gasteiger charge is -2.15. The fourth-order valence-corrected chi connectivity index (χ4v) is 2.97. The lowest BCUT2D eigenvalue weighted by atomic mass is 10.1. The Morgan fingerprint density at radius 3 is 2.08 bits per heavy atom. The molecule has 3 aromatic rings. The second-order valence-corrected chi connectivity index (χ2v) is 5.66. The molecule has 26 heavy (non-hydrogen) atoms. The van der Waals surface area contributed by atoms with Gasteiger partial charge < -0.3 is 18.9 Å². The summed E-state index contributed by atoms with van der Waals surface area (Å²) in [5.41, 5.74) is 1.52. The van der Waals surface area contributed by atoms with E-state index >= 15 is 0 Å². The molecule has 0 radical (unpaired) electrons. The molecule has 7 nitrogen and oxygen atoms in total. The van der Waals surface area contributed by atoms with Crippen molar-refractivity contribution >= 4 is 12.2 Å². The number of benzene rings is 2. The first-order valence-corrected chi connectivity index (χ1v) is 8.16. The van der Waals surface area contributed by atoms with Crippen LogP contribution in [-0.2, 0) is 0 Å². The van der Waals surface area contributed by atoms with Crippen LogP contribution in [0.5, 0.6) is 23.0 Å². The molecular weight excluding hydrogens is 354 g/mol. The Balaban J connectivity index is 2.26. The highest BCUT2D eigenvalue weighted by Gasteiger charge is 2.19. The first-order chi connectivity index (χ1) is 12.6. The third-order valence-corrected chi connectivity index (χ3v) is 4.20. The van der Waals surface area contributed by atoms with Gasteiger partial charge in [0.25, 0.3) is 0 Å². The van der Waals surface area contributed by atoms with E-state index in [0.29, 0.717) is 33.6 Å². The molecule has 1 heterocycles. The maximum absolute atomic E-state index is 5.46. The van der Waals surface area contributed by atoms with Gasteiger partial charge in [0.2, 0.25) is 5.75 Å². The standard InChI is InChI=1S/C18H19N3O4S/c1-22-13-8-6-5-7-12(13)21-17(19-20-18(21)26)11-9-14(23-2)16(25-4)15(10-11)24-3/h5-10H,1-4H3,(H,20,26). The maximum atomic E-state index is 5.46. The molecule has 0 bridgehead atoms. The summed E-state index contributed by atoms with van der Waals surface area (Å²) in [6, 6.07) is 11.2. The summed E-state index contributed by atoms with van der Waals surface area (Å²) in [6.07, 6.45) is 0. The molecule has 0 unspecified atom stereocenters. The van der Waals surface area contributed by atoms with Crippen LogP contribution >= 0.6 is 12.2 Å². The average molecular weight is 373 g/mol. The van der Waals surface area contributed by atoms with Crippen LogP contribution in [0.1, 0.15) is 0 Å². The molecule has 0 amide bonds. The number of aromatic amines is 1. The molecule has 8 heteroatoms. The van der Waals surface area contributed by atoms with Crippen LogP contribution in [0.2, 0.25) is 0 Å². The number of ether oxygens (including phenoxy) is 4. The summed E-state index contributed by atoms with van der Waals surface area (Å²) >= 11 is 5.44. The van der Waals surface area contributed by atoms with Crippen LogP contribution in [0.15, 0.2) is 36.4 Å². The first-order valence-electron chi connectivity index (χ1n) is 7.75. The van der Waals surface area contributed by atoms with Crippen LogP contribution in [-0.4, -0.2) is 43.2 Å². The number of nitrogens with one attached hydrogen (secondary N) is 1. The Labute approximate surface area is 156 Å². The van der Waals surface area contributed by atoms with Gasteiger partial charge in [0, 0.05) is 5.56 Å².